The molecule has 6 rings (SSSR count). The highest BCUT2D eigenvalue weighted by Crippen LogP contribution is 2.48. The van der Waals surface area contributed by atoms with Gasteiger partial charge in [0, 0.05) is 23.1 Å². The molecular weight excluding hydrogens is 432 g/mol. The molecule has 0 fully saturated rings. The number of aromatic nitrogens is 2. The molecule has 0 saturated carbocycles. The van der Waals surface area contributed by atoms with Crippen LogP contribution >= 0.6 is 11.3 Å². The van der Waals surface area contributed by atoms with E-state index in [0.29, 0.717) is 44.4 Å². The Morgan fingerprint density at radius 2 is 2.00 bits per heavy atom. The molecule has 5 aromatic rings. The van der Waals surface area contributed by atoms with Crippen molar-refractivity contribution in [3.05, 3.63) is 75.7 Å². The third-order valence-electron chi connectivity index (χ3n) is 5.65. The number of carboxylic acid groups (broad SMARTS) is 1. The van der Waals surface area contributed by atoms with Gasteiger partial charge < -0.3 is 19.4 Å². The third-order valence-corrected chi connectivity index (χ3v) is 6.40. The summed E-state index contributed by atoms with van der Waals surface area (Å²) in [5.74, 6) is -0.722. The van der Waals surface area contributed by atoms with Gasteiger partial charge in [0.05, 0.1) is 23.1 Å². The Labute approximate surface area is 183 Å². The fourth-order valence-corrected chi connectivity index (χ4v) is 4.97. The average Bonchev–Trinajstić information content (AvgIpc) is 3.35. The summed E-state index contributed by atoms with van der Waals surface area (Å²) in [5, 5.41) is 21.4. The maximum Gasteiger partial charge on any atom is 0.304 e. The second-order valence-electron chi connectivity index (χ2n) is 7.49. The number of carboxylic acids is 1. The number of phenolic OH excluding ortho intramolecular Hbond substituents is 1. The molecule has 158 valence electrons. The van der Waals surface area contributed by atoms with E-state index in [1.54, 1.807) is 24.3 Å². The summed E-state index contributed by atoms with van der Waals surface area (Å²) < 4.78 is 13.8. The number of thiazole rings is 1. The molecule has 0 unspecified atom stereocenters. The van der Waals surface area contributed by atoms with Crippen molar-refractivity contribution in [1.29, 1.82) is 0 Å². The van der Waals surface area contributed by atoms with Crippen LogP contribution in [0.15, 0.2) is 63.4 Å². The molecule has 1 aliphatic rings. The molecule has 1 aliphatic heterocycles. The monoisotopic (exact) mass is 446 g/mol. The predicted molar refractivity (Wildman–Crippen MR) is 117 cm³/mol. The first-order chi connectivity index (χ1) is 15.5. The number of carbonyl (C=O) groups is 1. The molecule has 3 aromatic heterocycles. The normalized spacial score (nSPS) is 14.8. The van der Waals surface area contributed by atoms with Crippen LogP contribution in [0, 0.1) is 0 Å². The SMILES string of the molecule is O=C(O)C[C@@H]1c2c(ccc3c(=O)c(-c4ccc(O)cc4)coc23)Oc2nc3sccn3c21. The lowest BCUT2D eigenvalue weighted by molar-refractivity contribution is -0.137. The molecule has 8 nitrogen and oxygen atoms in total. The predicted octanol–water partition coefficient (Wildman–Crippen LogP) is 4.59. The van der Waals surface area contributed by atoms with E-state index in [9.17, 15) is 19.8 Å². The second kappa shape index (κ2) is 6.69. The van der Waals surface area contributed by atoms with Crippen LogP contribution in [0.5, 0.6) is 17.4 Å². The summed E-state index contributed by atoms with van der Waals surface area (Å²) in [5.41, 5.74) is 2.11. The van der Waals surface area contributed by atoms with Gasteiger partial charge in [0.1, 0.15) is 23.3 Å². The Kier molecular flexibility index (Phi) is 3.90. The van der Waals surface area contributed by atoms with Gasteiger partial charge in [0.25, 0.3) is 0 Å². The van der Waals surface area contributed by atoms with Crippen molar-refractivity contribution in [2.45, 2.75) is 12.3 Å². The van der Waals surface area contributed by atoms with Crippen LogP contribution in [0.3, 0.4) is 0 Å². The molecule has 9 heteroatoms. The minimum absolute atomic E-state index is 0.0954. The van der Waals surface area contributed by atoms with Crippen molar-refractivity contribution in [3.8, 4) is 28.5 Å². The molecule has 0 spiro atoms. The Morgan fingerprint density at radius 3 is 2.78 bits per heavy atom. The number of aromatic hydroxyl groups is 1. The highest BCUT2D eigenvalue weighted by Gasteiger charge is 2.36. The minimum atomic E-state index is -0.987. The van der Waals surface area contributed by atoms with Crippen LogP contribution in [0.1, 0.15) is 23.6 Å². The van der Waals surface area contributed by atoms with E-state index in [1.165, 1.54) is 29.7 Å². The zero-order valence-corrected chi connectivity index (χ0v) is 17.1. The topological polar surface area (TPSA) is 114 Å². The van der Waals surface area contributed by atoms with Crippen molar-refractivity contribution in [1.82, 2.24) is 9.38 Å². The van der Waals surface area contributed by atoms with E-state index in [2.05, 4.69) is 4.98 Å². The van der Waals surface area contributed by atoms with Gasteiger partial charge in [-0.25, -0.2) is 0 Å². The standard InChI is InChI=1S/C23H14N2O6S/c26-12-3-1-11(2-4-12)15-10-30-21-13(20(15)29)5-6-16-18(21)14(9-17(27)28)19-22(31-16)24-23-25(19)7-8-32-23/h1-8,10,14,26H,9H2,(H,27,28)/t14-/m1/s1. The van der Waals surface area contributed by atoms with E-state index in [-0.39, 0.29) is 23.2 Å². The Hall–Kier alpha value is -4.11. The zero-order chi connectivity index (χ0) is 22.0. The van der Waals surface area contributed by atoms with Crippen LogP contribution in [0.2, 0.25) is 0 Å². The van der Waals surface area contributed by atoms with Crippen molar-refractivity contribution >= 4 is 33.2 Å². The first-order valence-corrected chi connectivity index (χ1v) is 10.6. The fourth-order valence-electron chi connectivity index (χ4n) is 4.25. The molecule has 1 atom stereocenters. The Balaban J connectivity index is 1.60. The van der Waals surface area contributed by atoms with Gasteiger partial charge in [0.15, 0.2) is 4.96 Å². The molecule has 0 aliphatic carbocycles. The summed E-state index contributed by atoms with van der Waals surface area (Å²) in [6, 6.07) is 9.53. The van der Waals surface area contributed by atoms with Crippen molar-refractivity contribution < 1.29 is 24.2 Å². The highest BCUT2D eigenvalue weighted by molar-refractivity contribution is 7.15. The number of aliphatic carboxylic acids is 1. The lowest BCUT2D eigenvalue weighted by Crippen LogP contribution is -2.17. The average molecular weight is 446 g/mol. The molecule has 0 saturated heterocycles. The largest absolute Gasteiger partial charge is 0.508 e. The number of phenols is 1. The van der Waals surface area contributed by atoms with Gasteiger partial charge >= 0.3 is 5.97 Å². The van der Waals surface area contributed by atoms with Crippen molar-refractivity contribution in [2.24, 2.45) is 0 Å². The number of ether oxygens (including phenoxy) is 1. The number of imidazole rings is 1. The highest BCUT2D eigenvalue weighted by atomic mass is 32.1. The van der Waals surface area contributed by atoms with Gasteiger partial charge in [0.2, 0.25) is 11.3 Å². The quantitative estimate of drug-likeness (QED) is 0.417. The van der Waals surface area contributed by atoms with E-state index < -0.39 is 11.9 Å². The van der Waals surface area contributed by atoms with Gasteiger partial charge in [-0.3, -0.25) is 14.0 Å². The van der Waals surface area contributed by atoms with Crippen LogP contribution in [0.4, 0.5) is 0 Å². The lowest BCUT2D eigenvalue weighted by atomic mass is 9.88. The summed E-state index contributed by atoms with van der Waals surface area (Å²) in [6.45, 7) is 0. The second-order valence-corrected chi connectivity index (χ2v) is 8.36. The zero-order valence-electron chi connectivity index (χ0n) is 16.3. The van der Waals surface area contributed by atoms with Crippen LogP contribution in [0.25, 0.3) is 27.1 Å². The molecule has 0 bridgehead atoms. The maximum absolute atomic E-state index is 13.3. The van der Waals surface area contributed by atoms with Gasteiger partial charge in [-0.1, -0.05) is 12.1 Å². The Morgan fingerprint density at radius 1 is 1.19 bits per heavy atom. The number of hydrogen-bond acceptors (Lipinski definition) is 7. The van der Waals surface area contributed by atoms with Crippen LogP contribution < -0.4 is 10.2 Å². The van der Waals surface area contributed by atoms with Crippen LogP contribution in [-0.4, -0.2) is 25.6 Å². The van der Waals surface area contributed by atoms with E-state index in [0.717, 1.165) is 0 Å². The number of benzene rings is 2. The van der Waals surface area contributed by atoms with Gasteiger partial charge in [-0.15, -0.1) is 11.3 Å². The number of hydrogen-bond donors (Lipinski definition) is 2. The molecular formula is C23H14N2O6S. The first-order valence-electron chi connectivity index (χ1n) is 9.74. The van der Waals surface area contributed by atoms with Gasteiger partial charge in [-0.2, -0.15) is 4.98 Å². The smallest absolute Gasteiger partial charge is 0.304 e. The summed E-state index contributed by atoms with van der Waals surface area (Å²) >= 11 is 1.42. The van der Waals surface area contributed by atoms with E-state index in [1.807, 2.05) is 16.0 Å². The Bertz CT molecular complexity index is 1600. The fraction of sp³-hybridized carbons (Fsp3) is 0.0870. The molecule has 32 heavy (non-hydrogen) atoms. The number of rotatable bonds is 3. The molecule has 4 heterocycles. The molecule has 0 radical (unpaired) electrons. The maximum atomic E-state index is 13.3. The lowest BCUT2D eigenvalue weighted by Gasteiger charge is -2.25. The summed E-state index contributed by atoms with van der Waals surface area (Å²) in [6.07, 6.45) is 2.97. The molecule has 0 amide bonds. The van der Waals surface area contributed by atoms with E-state index in [4.69, 9.17) is 9.15 Å². The van der Waals surface area contributed by atoms with Gasteiger partial charge in [-0.05, 0) is 29.8 Å². The number of nitrogens with zero attached hydrogens (tertiary/aromatic N) is 2. The summed E-state index contributed by atoms with van der Waals surface area (Å²) in [7, 11) is 0. The van der Waals surface area contributed by atoms with E-state index >= 15 is 0 Å². The van der Waals surface area contributed by atoms with Crippen molar-refractivity contribution in [2.75, 3.05) is 0 Å². The van der Waals surface area contributed by atoms with Crippen LogP contribution in [-0.2, 0) is 4.79 Å². The first kappa shape index (κ1) is 18.6. The van der Waals surface area contributed by atoms with Crippen molar-refractivity contribution in [3.63, 3.8) is 0 Å². The third kappa shape index (κ3) is 2.64. The minimum Gasteiger partial charge on any atom is -0.508 e. The molecule has 2 N–H and O–H groups in total. The number of fused-ring (bicyclic) bond motifs is 6. The molecule has 2 aromatic carbocycles. The summed E-state index contributed by atoms with van der Waals surface area (Å²) in [4.78, 5) is 30.2.